The highest BCUT2D eigenvalue weighted by atomic mass is 16.5. The number of nitrogens with one attached hydrogen (secondary N) is 2. The van der Waals surface area contributed by atoms with E-state index < -0.39 is 0 Å². The molecule has 0 atom stereocenters. The molecule has 0 aliphatic carbocycles. The Hall–Kier alpha value is -4.13. The lowest BCUT2D eigenvalue weighted by molar-refractivity contribution is 0.102. The molecule has 0 fully saturated rings. The molecule has 2 aromatic heterocycles. The van der Waals surface area contributed by atoms with E-state index in [4.69, 9.17) is 9.26 Å². The molecule has 4 aromatic rings. The molecule has 7 nitrogen and oxygen atoms in total. The van der Waals surface area contributed by atoms with Crippen molar-refractivity contribution in [2.45, 2.75) is 6.92 Å². The van der Waals surface area contributed by atoms with Crippen LogP contribution in [0.15, 0.2) is 83.6 Å². The highest BCUT2D eigenvalue weighted by Gasteiger charge is 2.09. The Bertz CT molecular complexity index is 1110. The van der Waals surface area contributed by atoms with Crippen molar-refractivity contribution in [2.24, 2.45) is 0 Å². The highest BCUT2D eigenvalue weighted by molar-refractivity contribution is 6.04. The number of anilines is 3. The average Bonchev–Trinajstić information content (AvgIpc) is 3.15. The standard InChI is InChI=1S/C22H18N4O3/c1-15-11-21(26-29-15)24-18-12-16(13-23-14-18)22(27)25-17-7-9-20(10-8-17)28-19-5-3-2-4-6-19/h2-14H,1H3,(H,24,26)(H,25,27). The van der Waals surface area contributed by atoms with Gasteiger partial charge in [0.05, 0.1) is 17.4 Å². The summed E-state index contributed by atoms with van der Waals surface area (Å²) in [4.78, 5) is 16.7. The van der Waals surface area contributed by atoms with Crippen LogP contribution in [0, 0.1) is 6.92 Å². The van der Waals surface area contributed by atoms with Crippen LogP contribution in [0.4, 0.5) is 17.2 Å². The van der Waals surface area contributed by atoms with Crippen molar-refractivity contribution in [1.29, 1.82) is 0 Å². The van der Waals surface area contributed by atoms with E-state index in [0.717, 1.165) is 5.75 Å². The second kappa shape index (κ2) is 8.26. The molecule has 2 heterocycles. The topological polar surface area (TPSA) is 89.3 Å². The van der Waals surface area contributed by atoms with Gasteiger partial charge in [0, 0.05) is 18.0 Å². The van der Waals surface area contributed by atoms with E-state index in [2.05, 4.69) is 20.8 Å². The minimum absolute atomic E-state index is 0.269. The molecule has 29 heavy (non-hydrogen) atoms. The first kappa shape index (κ1) is 18.2. The van der Waals surface area contributed by atoms with Gasteiger partial charge in [-0.05, 0) is 49.4 Å². The predicted molar refractivity (Wildman–Crippen MR) is 110 cm³/mol. The Kier molecular flexibility index (Phi) is 5.20. The number of ether oxygens (including phenoxy) is 1. The van der Waals surface area contributed by atoms with Crippen molar-refractivity contribution in [3.63, 3.8) is 0 Å². The molecule has 0 aliphatic rings. The monoisotopic (exact) mass is 386 g/mol. The zero-order valence-corrected chi connectivity index (χ0v) is 15.6. The Morgan fingerprint density at radius 3 is 2.41 bits per heavy atom. The van der Waals surface area contributed by atoms with Gasteiger partial charge in [-0.2, -0.15) is 0 Å². The second-order valence-corrected chi connectivity index (χ2v) is 6.30. The first-order chi connectivity index (χ1) is 14.2. The quantitative estimate of drug-likeness (QED) is 0.475. The summed E-state index contributed by atoms with van der Waals surface area (Å²) in [5, 5.41) is 9.76. The van der Waals surface area contributed by atoms with Crippen LogP contribution in [0.5, 0.6) is 11.5 Å². The summed E-state index contributed by atoms with van der Waals surface area (Å²) in [6.45, 7) is 1.80. The maximum Gasteiger partial charge on any atom is 0.257 e. The van der Waals surface area contributed by atoms with Gasteiger partial charge in [0.15, 0.2) is 5.82 Å². The predicted octanol–water partition coefficient (Wildman–Crippen LogP) is 5.17. The summed E-state index contributed by atoms with van der Waals surface area (Å²) in [7, 11) is 0. The fraction of sp³-hybridized carbons (Fsp3) is 0.0455. The average molecular weight is 386 g/mol. The summed E-state index contributed by atoms with van der Waals surface area (Å²) in [6.07, 6.45) is 3.11. The maximum absolute atomic E-state index is 12.6. The smallest absolute Gasteiger partial charge is 0.257 e. The number of hydrogen-bond donors (Lipinski definition) is 2. The number of hydrogen-bond acceptors (Lipinski definition) is 6. The first-order valence-corrected chi connectivity index (χ1v) is 8.95. The number of aromatic nitrogens is 2. The van der Waals surface area contributed by atoms with Gasteiger partial charge in [-0.1, -0.05) is 23.4 Å². The number of carbonyl (C=O) groups is 1. The summed E-state index contributed by atoms with van der Waals surface area (Å²) < 4.78 is 10.8. The zero-order chi connectivity index (χ0) is 20.1. The summed E-state index contributed by atoms with van der Waals surface area (Å²) >= 11 is 0. The van der Waals surface area contributed by atoms with E-state index in [1.54, 1.807) is 49.5 Å². The van der Waals surface area contributed by atoms with Crippen LogP contribution in [0.25, 0.3) is 0 Å². The van der Waals surface area contributed by atoms with E-state index in [9.17, 15) is 4.79 Å². The van der Waals surface area contributed by atoms with Crippen molar-refractivity contribution < 1.29 is 14.1 Å². The number of nitrogens with zero attached hydrogens (tertiary/aromatic N) is 2. The minimum Gasteiger partial charge on any atom is -0.457 e. The number of para-hydroxylation sites is 1. The van der Waals surface area contributed by atoms with Crippen LogP contribution in [0.1, 0.15) is 16.1 Å². The van der Waals surface area contributed by atoms with Gasteiger partial charge in [0.1, 0.15) is 17.3 Å². The summed E-state index contributed by atoms with van der Waals surface area (Å²) in [5.41, 5.74) is 1.71. The Labute approximate surface area is 167 Å². The third-order valence-corrected chi connectivity index (χ3v) is 3.99. The van der Waals surface area contributed by atoms with Crippen LogP contribution in [-0.4, -0.2) is 16.0 Å². The van der Waals surface area contributed by atoms with Gasteiger partial charge in [-0.15, -0.1) is 0 Å². The lowest BCUT2D eigenvalue weighted by Gasteiger charge is -2.09. The molecule has 0 saturated heterocycles. The Morgan fingerprint density at radius 2 is 1.69 bits per heavy atom. The fourth-order valence-electron chi connectivity index (χ4n) is 2.64. The third-order valence-electron chi connectivity index (χ3n) is 3.99. The van der Waals surface area contributed by atoms with Gasteiger partial charge in [-0.3, -0.25) is 9.78 Å². The van der Waals surface area contributed by atoms with Crippen LogP contribution >= 0.6 is 0 Å². The molecule has 4 rings (SSSR count). The highest BCUT2D eigenvalue weighted by Crippen LogP contribution is 2.23. The molecule has 0 spiro atoms. The molecule has 1 amide bonds. The first-order valence-electron chi connectivity index (χ1n) is 8.95. The largest absolute Gasteiger partial charge is 0.457 e. The molecule has 0 aliphatic heterocycles. The number of pyridine rings is 1. The van der Waals surface area contributed by atoms with Crippen molar-refractivity contribution in [1.82, 2.24) is 10.1 Å². The Morgan fingerprint density at radius 1 is 0.931 bits per heavy atom. The molecule has 2 aromatic carbocycles. The van der Waals surface area contributed by atoms with Crippen molar-refractivity contribution in [3.8, 4) is 11.5 Å². The van der Waals surface area contributed by atoms with Gasteiger partial charge in [0.2, 0.25) is 0 Å². The minimum atomic E-state index is -0.269. The zero-order valence-electron chi connectivity index (χ0n) is 15.6. The molecular weight excluding hydrogens is 368 g/mol. The molecule has 0 bridgehead atoms. The number of amides is 1. The molecule has 0 unspecified atom stereocenters. The number of aryl methyl sites for hydroxylation is 1. The van der Waals surface area contributed by atoms with Gasteiger partial charge >= 0.3 is 0 Å². The van der Waals surface area contributed by atoms with E-state index in [0.29, 0.717) is 34.3 Å². The van der Waals surface area contributed by atoms with E-state index in [-0.39, 0.29) is 5.91 Å². The molecule has 2 N–H and O–H groups in total. The van der Waals surface area contributed by atoms with Crippen LogP contribution in [0.3, 0.4) is 0 Å². The van der Waals surface area contributed by atoms with E-state index in [1.165, 1.54) is 6.20 Å². The second-order valence-electron chi connectivity index (χ2n) is 6.30. The number of benzene rings is 2. The Balaban J connectivity index is 1.40. The molecule has 0 radical (unpaired) electrons. The molecule has 0 saturated carbocycles. The normalized spacial score (nSPS) is 10.4. The lowest BCUT2D eigenvalue weighted by Crippen LogP contribution is -2.12. The summed E-state index contributed by atoms with van der Waals surface area (Å²) in [5.74, 6) is 2.41. The van der Waals surface area contributed by atoms with Gasteiger partial charge in [0.25, 0.3) is 5.91 Å². The number of carbonyl (C=O) groups excluding carboxylic acids is 1. The molecular formula is C22H18N4O3. The van der Waals surface area contributed by atoms with Crippen LogP contribution < -0.4 is 15.4 Å². The van der Waals surface area contributed by atoms with Gasteiger partial charge in [-0.25, -0.2) is 0 Å². The van der Waals surface area contributed by atoms with Crippen molar-refractivity contribution in [2.75, 3.05) is 10.6 Å². The van der Waals surface area contributed by atoms with E-state index >= 15 is 0 Å². The fourth-order valence-corrected chi connectivity index (χ4v) is 2.64. The molecule has 144 valence electrons. The number of rotatable bonds is 6. The maximum atomic E-state index is 12.6. The third kappa shape index (κ3) is 4.78. The summed E-state index contributed by atoms with van der Waals surface area (Å²) in [6, 6.07) is 20.1. The lowest BCUT2D eigenvalue weighted by atomic mass is 10.2. The van der Waals surface area contributed by atoms with Crippen LogP contribution in [-0.2, 0) is 0 Å². The SMILES string of the molecule is Cc1cc(Nc2cncc(C(=O)Nc3ccc(Oc4ccccc4)cc3)c2)no1. The van der Waals surface area contributed by atoms with Crippen molar-refractivity contribution in [3.05, 3.63) is 90.4 Å². The van der Waals surface area contributed by atoms with Gasteiger partial charge < -0.3 is 19.9 Å². The molecule has 7 heteroatoms. The van der Waals surface area contributed by atoms with Crippen LogP contribution in [0.2, 0.25) is 0 Å². The van der Waals surface area contributed by atoms with Crippen molar-refractivity contribution >= 4 is 23.1 Å². The van der Waals surface area contributed by atoms with E-state index in [1.807, 2.05) is 30.3 Å².